The number of nitrogens with one attached hydrogen (secondary N) is 1. The molecule has 6 nitrogen and oxygen atoms in total. The number of amides is 1. The van der Waals surface area contributed by atoms with E-state index in [1.165, 1.54) is 0 Å². The van der Waals surface area contributed by atoms with Gasteiger partial charge in [0.2, 0.25) is 0 Å². The van der Waals surface area contributed by atoms with E-state index < -0.39 is 23.7 Å². The Kier molecular flexibility index (Phi) is 4.06. The van der Waals surface area contributed by atoms with Gasteiger partial charge >= 0.3 is 11.9 Å². The van der Waals surface area contributed by atoms with E-state index in [4.69, 9.17) is 9.47 Å². The normalized spacial score (nSPS) is 34.7. The molecular formula is C18H18BrNO5. The maximum absolute atomic E-state index is 12.5. The summed E-state index contributed by atoms with van der Waals surface area (Å²) in [6.45, 7) is 1.56. The first kappa shape index (κ1) is 16.6. The van der Waals surface area contributed by atoms with Crippen LogP contribution in [0.5, 0.6) is 0 Å². The first-order chi connectivity index (χ1) is 12.0. The lowest BCUT2D eigenvalue weighted by atomic mass is 9.80. The minimum absolute atomic E-state index is 0.0149. The molecule has 6 atom stereocenters. The van der Waals surface area contributed by atoms with Crippen molar-refractivity contribution in [2.45, 2.75) is 24.3 Å². The number of rotatable bonds is 4. The van der Waals surface area contributed by atoms with Crippen LogP contribution in [0, 0.1) is 30.6 Å². The van der Waals surface area contributed by atoms with Gasteiger partial charge in [-0.05, 0) is 37.0 Å². The van der Waals surface area contributed by atoms with Gasteiger partial charge < -0.3 is 14.8 Å². The molecule has 1 amide bonds. The molecule has 2 aliphatic carbocycles. The van der Waals surface area contributed by atoms with E-state index in [9.17, 15) is 14.4 Å². The van der Waals surface area contributed by atoms with E-state index in [1.807, 2.05) is 25.1 Å². The highest BCUT2D eigenvalue weighted by Crippen LogP contribution is 2.60. The highest BCUT2D eigenvalue weighted by molar-refractivity contribution is 9.09. The second kappa shape index (κ2) is 6.12. The summed E-state index contributed by atoms with van der Waals surface area (Å²) in [5.74, 6) is -2.03. The summed E-state index contributed by atoms with van der Waals surface area (Å²) >= 11 is 3.55. The third-order valence-corrected chi connectivity index (χ3v) is 6.64. The summed E-state index contributed by atoms with van der Waals surface area (Å²) in [4.78, 5) is 36.5. The number of ether oxygens (including phenoxy) is 2. The standard InChI is InChI=1S/C18H18BrNO5/c1-8-3-2-4-9(5-8)20-12(21)7-24-17(22)13-10-6-11-14(13)18(23)25-16(11)15(10)19/h2-5,10-11,13-16H,6-7H2,1H3,(H,20,21)/t10-,11-,13-,14+,15+,16+/m1/s1. The van der Waals surface area contributed by atoms with E-state index in [1.54, 1.807) is 6.07 Å². The number of alkyl halides is 1. The van der Waals surface area contributed by atoms with Crippen molar-refractivity contribution in [3.63, 3.8) is 0 Å². The number of fused-ring (bicyclic) bond motifs is 1. The van der Waals surface area contributed by atoms with Crippen molar-refractivity contribution in [2.75, 3.05) is 11.9 Å². The van der Waals surface area contributed by atoms with E-state index in [2.05, 4.69) is 21.2 Å². The largest absolute Gasteiger partial charge is 0.461 e. The Morgan fingerprint density at radius 3 is 2.92 bits per heavy atom. The maximum atomic E-state index is 12.5. The number of halogens is 1. The fourth-order valence-electron chi connectivity index (χ4n) is 4.45. The smallest absolute Gasteiger partial charge is 0.310 e. The maximum Gasteiger partial charge on any atom is 0.310 e. The van der Waals surface area contributed by atoms with Crippen molar-refractivity contribution in [2.24, 2.45) is 23.7 Å². The molecule has 1 aromatic rings. The molecule has 0 radical (unpaired) electrons. The van der Waals surface area contributed by atoms with Crippen molar-refractivity contribution < 1.29 is 23.9 Å². The zero-order valence-electron chi connectivity index (χ0n) is 13.6. The highest BCUT2D eigenvalue weighted by atomic mass is 79.9. The third kappa shape index (κ3) is 2.74. The Morgan fingerprint density at radius 2 is 2.16 bits per heavy atom. The average molecular weight is 408 g/mol. The molecule has 0 aromatic heterocycles. The van der Waals surface area contributed by atoms with Crippen molar-refractivity contribution in [1.82, 2.24) is 0 Å². The van der Waals surface area contributed by atoms with Crippen LogP contribution in [0.3, 0.4) is 0 Å². The van der Waals surface area contributed by atoms with E-state index in [0.29, 0.717) is 5.69 Å². The average Bonchev–Trinajstić information content (AvgIpc) is 3.17. The summed E-state index contributed by atoms with van der Waals surface area (Å²) < 4.78 is 10.6. The van der Waals surface area contributed by atoms with Crippen LogP contribution in [0.4, 0.5) is 5.69 Å². The fraction of sp³-hybridized carbons (Fsp3) is 0.500. The first-order valence-electron chi connectivity index (χ1n) is 8.33. The second-order valence-electron chi connectivity index (χ2n) is 6.99. The molecule has 1 saturated heterocycles. The van der Waals surface area contributed by atoms with Gasteiger partial charge in [0.25, 0.3) is 5.91 Å². The number of aryl methyl sites for hydroxylation is 1. The van der Waals surface area contributed by atoms with Crippen LogP contribution in [-0.2, 0) is 23.9 Å². The monoisotopic (exact) mass is 407 g/mol. The molecule has 0 spiro atoms. The van der Waals surface area contributed by atoms with Gasteiger partial charge in [0.1, 0.15) is 6.10 Å². The molecule has 1 N–H and O–H groups in total. The summed E-state index contributed by atoms with van der Waals surface area (Å²) in [7, 11) is 0. The topological polar surface area (TPSA) is 81.7 Å². The number of hydrogen-bond acceptors (Lipinski definition) is 5. The molecule has 1 heterocycles. The third-order valence-electron chi connectivity index (χ3n) is 5.44. The zero-order valence-corrected chi connectivity index (χ0v) is 15.2. The van der Waals surface area contributed by atoms with E-state index >= 15 is 0 Å². The van der Waals surface area contributed by atoms with Crippen LogP contribution in [0.25, 0.3) is 0 Å². The van der Waals surface area contributed by atoms with E-state index in [-0.39, 0.29) is 35.3 Å². The lowest BCUT2D eigenvalue weighted by Crippen LogP contribution is -2.39. The molecule has 132 valence electrons. The predicted molar refractivity (Wildman–Crippen MR) is 91.9 cm³/mol. The van der Waals surface area contributed by atoms with Crippen molar-refractivity contribution in [1.29, 1.82) is 0 Å². The Balaban J connectivity index is 1.36. The lowest BCUT2D eigenvalue weighted by Gasteiger charge is -2.26. The molecule has 4 rings (SSSR count). The molecule has 0 unspecified atom stereocenters. The summed E-state index contributed by atoms with van der Waals surface area (Å²) in [5.41, 5.74) is 1.68. The van der Waals surface area contributed by atoms with Crippen LogP contribution < -0.4 is 5.32 Å². The Labute approximate surface area is 153 Å². The quantitative estimate of drug-likeness (QED) is 0.609. The van der Waals surface area contributed by atoms with Crippen molar-refractivity contribution >= 4 is 39.5 Å². The van der Waals surface area contributed by atoms with Gasteiger partial charge in [-0.15, -0.1) is 0 Å². The molecule has 3 aliphatic rings. The fourth-order valence-corrected chi connectivity index (χ4v) is 5.49. The van der Waals surface area contributed by atoms with Crippen LogP contribution in [0.15, 0.2) is 24.3 Å². The van der Waals surface area contributed by atoms with Gasteiger partial charge in [-0.25, -0.2) is 0 Å². The van der Waals surface area contributed by atoms with Gasteiger partial charge in [-0.2, -0.15) is 0 Å². The van der Waals surface area contributed by atoms with Gasteiger partial charge in [-0.1, -0.05) is 28.1 Å². The summed E-state index contributed by atoms with van der Waals surface area (Å²) in [6, 6.07) is 7.37. The number of carbonyl (C=O) groups is 3. The minimum atomic E-state index is -0.521. The first-order valence-corrected chi connectivity index (χ1v) is 9.25. The van der Waals surface area contributed by atoms with Crippen LogP contribution >= 0.6 is 15.9 Å². The van der Waals surface area contributed by atoms with Crippen LogP contribution in [0.1, 0.15) is 12.0 Å². The lowest BCUT2D eigenvalue weighted by molar-refractivity contribution is -0.157. The number of esters is 2. The van der Waals surface area contributed by atoms with Gasteiger partial charge in [0.05, 0.1) is 16.7 Å². The number of carbonyl (C=O) groups excluding carboxylic acids is 3. The molecule has 7 heteroatoms. The van der Waals surface area contributed by atoms with Crippen molar-refractivity contribution in [3.05, 3.63) is 29.8 Å². The molecule has 25 heavy (non-hydrogen) atoms. The molecule has 3 fully saturated rings. The SMILES string of the molecule is Cc1cccc(NC(=O)COC(=O)[C@@H]2[C@H]3C[C@H]4[C@H](OC(=O)[C@@H]42)[C@H]3Br)c1. The predicted octanol–water partition coefficient (Wildman–Crippen LogP) is 2.05. The molecule has 2 bridgehead atoms. The number of hydrogen-bond donors (Lipinski definition) is 1. The second-order valence-corrected chi connectivity index (χ2v) is 8.04. The molecule has 1 aromatic carbocycles. The molecule has 1 aliphatic heterocycles. The van der Waals surface area contributed by atoms with Gasteiger partial charge in [-0.3, -0.25) is 14.4 Å². The molecule has 2 saturated carbocycles. The molecular weight excluding hydrogens is 390 g/mol. The zero-order chi connectivity index (χ0) is 17.7. The van der Waals surface area contributed by atoms with E-state index in [0.717, 1.165) is 12.0 Å². The minimum Gasteiger partial charge on any atom is -0.461 e. The Hall–Kier alpha value is -1.89. The van der Waals surface area contributed by atoms with Crippen LogP contribution in [-0.4, -0.2) is 35.4 Å². The Morgan fingerprint density at radius 1 is 1.36 bits per heavy atom. The van der Waals surface area contributed by atoms with Crippen molar-refractivity contribution in [3.8, 4) is 0 Å². The summed E-state index contributed by atoms with van der Waals surface area (Å²) in [5, 5.41) is 2.70. The Bertz CT molecular complexity index is 751. The van der Waals surface area contributed by atoms with Crippen LogP contribution in [0.2, 0.25) is 0 Å². The van der Waals surface area contributed by atoms with Gasteiger partial charge in [0, 0.05) is 11.6 Å². The number of anilines is 1. The highest BCUT2D eigenvalue weighted by Gasteiger charge is 2.68. The number of benzene rings is 1. The summed E-state index contributed by atoms with van der Waals surface area (Å²) in [6.07, 6.45) is 0.655. The van der Waals surface area contributed by atoms with Gasteiger partial charge in [0.15, 0.2) is 6.61 Å².